The second kappa shape index (κ2) is 5.24. The second-order valence-electron chi connectivity index (χ2n) is 5.26. The lowest BCUT2D eigenvalue weighted by atomic mass is 9.97. The molecular weight excluding hydrogens is 298 g/mol. The highest BCUT2D eigenvalue weighted by Crippen LogP contribution is 2.29. The van der Waals surface area contributed by atoms with Gasteiger partial charge < -0.3 is 10.5 Å². The van der Waals surface area contributed by atoms with Crippen molar-refractivity contribution in [2.45, 2.75) is 36.8 Å². The lowest BCUT2D eigenvalue weighted by Crippen LogP contribution is -2.50. The van der Waals surface area contributed by atoms with E-state index in [0.29, 0.717) is 13.0 Å². The fraction of sp³-hybridized carbons (Fsp3) is 0.500. The van der Waals surface area contributed by atoms with Crippen LogP contribution in [0.1, 0.15) is 20.3 Å². The van der Waals surface area contributed by atoms with E-state index in [1.165, 1.54) is 6.07 Å². The number of nitro groups is 1. The third-order valence-corrected chi connectivity index (χ3v) is 5.37. The molecule has 0 amide bonds. The highest BCUT2D eigenvalue weighted by Gasteiger charge is 2.40. The average molecular weight is 315 g/mol. The number of benzene rings is 1. The molecule has 3 N–H and O–H groups in total. The van der Waals surface area contributed by atoms with Crippen LogP contribution in [-0.2, 0) is 14.8 Å². The minimum absolute atomic E-state index is 0.106. The van der Waals surface area contributed by atoms with Crippen LogP contribution in [0.5, 0.6) is 0 Å². The Bertz CT molecular complexity index is 675. The number of nitro benzene ring substituents is 1. The maximum Gasteiger partial charge on any atom is 0.292 e. The lowest BCUT2D eigenvalue weighted by Gasteiger charge is -2.28. The number of anilines is 1. The Morgan fingerprint density at radius 1 is 1.52 bits per heavy atom. The van der Waals surface area contributed by atoms with Crippen molar-refractivity contribution in [2.24, 2.45) is 0 Å². The average Bonchev–Trinajstić information content (AvgIpc) is 2.67. The summed E-state index contributed by atoms with van der Waals surface area (Å²) < 4.78 is 32.7. The lowest BCUT2D eigenvalue weighted by molar-refractivity contribution is -0.383. The number of nitrogens with one attached hydrogen (secondary N) is 1. The summed E-state index contributed by atoms with van der Waals surface area (Å²) in [7, 11) is -3.83. The predicted octanol–water partition coefficient (Wildman–Crippen LogP) is 1.02. The van der Waals surface area contributed by atoms with E-state index < -0.39 is 20.5 Å². The predicted molar refractivity (Wildman–Crippen MR) is 76.3 cm³/mol. The van der Waals surface area contributed by atoms with Gasteiger partial charge in [0.05, 0.1) is 21.5 Å². The summed E-state index contributed by atoms with van der Waals surface area (Å²) in [6.07, 6.45) is 0.290. The maximum atomic E-state index is 12.4. The summed E-state index contributed by atoms with van der Waals surface area (Å²) in [5.41, 5.74) is 4.30. The van der Waals surface area contributed by atoms with Crippen molar-refractivity contribution in [3.63, 3.8) is 0 Å². The smallest absolute Gasteiger partial charge is 0.292 e. The molecule has 1 aliphatic heterocycles. The van der Waals surface area contributed by atoms with Gasteiger partial charge in [0.2, 0.25) is 10.0 Å². The summed E-state index contributed by atoms with van der Waals surface area (Å²) >= 11 is 0. The van der Waals surface area contributed by atoms with Crippen LogP contribution in [0.25, 0.3) is 0 Å². The summed E-state index contributed by atoms with van der Waals surface area (Å²) in [4.78, 5) is 9.93. The molecule has 0 aliphatic carbocycles. The Balaban J connectivity index is 2.32. The van der Waals surface area contributed by atoms with E-state index in [-0.39, 0.29) is 22.4 Å². The van der Waals surface area contributed by atoms with Gasteiger partial charge in [-0.1, -0.05) is 0 Å². The van der Waals surface area contributed by atoms with Gasteiger partial charge in [-0.3, -0.25) is 10.1 Å². The van der Waals surface area contributed by atoms with Gasteiger partial charge in [0.1, 0.15) is 5.69 Å². The van der Waals surface area contributed by atoms with E-state index in [4.69, 9.17) is 10.5 Å². The van der Waals surface area contributed by atoms with Gasteiger partial charge in [-0.25, -0.2) is 13.1 Å². The van der Waals surface area contributed by atoms with Crippen molar-refractivity contribution in [2.75, 3.05) is 12.3 Å². The van der Waals surface area contributed by atoms with Crippen LogP contribution >= 0.6 is 0 Å². The van der Waals surface area contributed by atoms with Crippen molar-refractivity contribution >= 4 is 21.4 Å². The van der Waals surface area contributed by atoms with Crippen molar-refractivity contribution in [1.29, 1.82) is 0 Å². The number of hydrogen-bond acceptors (Lipinski definition) is 6. The van der Waals surface area contributed by atoms with E-state index in [9.17, 15) is 18.5 Å². The van der Waals surface area contributed by atoms with Gasteiger partial charge in [0.15, 0.2) is 0 Å². The van der Waals surface area contributed by atoms with Crippen molar-refractivity contribution < 1.29 is 18.1 Å². The number of hydrogen-bond donors (Lipinski definition) is 2. The first-order valence-electron chi connectivity index (χ1n) is 6.35. The zero-order chi connectivity index (χ0) is 15.8. The SMILES string of the molecule is CC1OCCC1(C)NS(=O)(=O)c1ccc([N+](=O)[O-])c(N)c1. The Labute approximate surface area is 122 Å². The maximum absolute atomic E-state index is 12.4. The number of ether oxygens (including phenoxy) is 1. The molecule has 1 fully saturated rings. The van der Waals surface area contributed by atoms with Crippen molar-refractivity contribution in [1.82, 2.24) is 4.72 Å². The van der Waals surface area contributed by atoms with Crippen LogP contribution in [0.4, 0.5) is 11.4 Å². The molecule has 2 unspecified atom stereocenters. The first-order chi connectivity index (χ1) is 9.66. The molecule has 9 heteroatoms. The molecule has 0 aromatic heterocycles. The van der Waals surface area contributed by atoms with Crippen LogP contribution in [0.3, 0.4) is 0 Å². The first kappa shape index (κ1) is 15.7. The molecule has 0 bridgehead atoms. The molecule has 8 nitrogen and oxygen atoms in total. The molecule has 1 saturated heterocycles. The molecular formula is C12H17N3O5S. The van der Waals surface area contributed by atoms with Crippen LogP contribution in [0.15, 0.2) is 23.1 Å². The minimum atomic E-state index is -3.83. The van der Waals surface area contributed by atoms with Gasteiger partial charge in [-0.15, -0.1) is 0 Å². The largest absolute Gasteiger partial charge is 0.393 e. The Morgan fingerprint density at radius 2 is 2.19 bits per heavy atom. The molecule has 2 atom stereocenters. The molecule has 2 rings (SSSR count). The van der Waals surface area contributed by atoms with Crippen LogP contribution in [0, 0.1) is 10.1 Å². The molecule has 1 heterocycles. The third-order valence-electron chi connectivity index (χ3n) is 3.76. The molecule has 0 spiro atoms. The van der Waals surface area contributed by atoms with Crippen molar-refractivity contribution in [3.05, 3.63) is 28.3 Å². The van der Waals surface area contributed by atoms with E-state index in [2.05, 4.69) is 4.72 Å². The second-order valence-corrected chi connectivity index (χ2v) is 6.95. The molecule has 0 radical (unpaired) electrons. The molecule has 1 aliphatic rings. The standard InChI is InChI=1S/C12H17N3O5S/c1-8-12(2,5-6-20-8)14-21(18,19)9-3-4-11(15(16)17)10(13)7-9/h3-4,7-8,14H,5-6,13H2,1-2H3. The fourth-order valence-corrected chi connectivity index (χ4v) is 3.73. The van der Waals surface area contributed by atoms with E-state index in [1.807, 2.05) is 0 Å². The van der Waals surface area contributed by atoms with Gasteiger partial charge >= 0.3 is 0 Å². The summed E-state index contributed by atoms with van der Waals surface area (Å²) in [5, 5.41) is 10.7. The summed E-state index contributed by atoms with van der Waals surface area (Å²) in [5.74, 6) is 0. The van der Waals surface area contributed by atoms with Crippen LogP contribution in [-0.4, -0.2) is 31.6 Å². The number of nitrogens with two attached hydrogens (primary N) is 1. The van der Waals surface area contributed by atoms with E-state index in [1.54, 1.807) is 13.8 Å². The monoisotopic (exact) mass is 315 g/mol. The summed E-state index contributed by atoms with van der Waals surface area (Å²) in [6.45, 7) is 4.03. The Morgan fingerprint density at radius 3 is 2.67 bits per heavy atom. The molecule has 0 saturated carbocycles. The minimum Gasteiger partial charge on any atom is -0.393 e. The van der Waals surface area contributed by atoms with Crippen LogP contribution < -0.4 is 10.5 Å². The molecule has 1 aromatic carbocycles. The number of sulfonamides is 1. The third kappa shape index (κ3) is 2.99. The first-order valence-corrected chi connectivity index (χ1v) is 7.83. The van der Waals surface area contributed by atoms with Crippen LogP contribution in [0.2, 0.25) is 0 Å². The van der Waals surface area contributed by atoms with Crippen molar-refractivity contribution in [3.8, 4) is 0 Å². The zero-order valence-electron chi connectivity index (χ0n) is 11.7. The number of rotatable bonds is 4. The Hall–Kier alpha value is -1.71. The molecule has 116 valence electrons. The van der Waals surface area contributed by atoms with Gasteiger partial charge in [0, 0.05) is 12.7 Å². The van der Waals surface area contributed by atoms with Gasteiger partial charge in [-0.05, 0) is 32.4 Å². The fourth-order valence-electron chi connectivity index (χ4n) is 2.20. The highest BCUT2D eigenvalue weighted by molar-refractivity contribution is 7.89. The number of nitrogen functional groups attached to an aromatic ring is 1. The molecule has 1 aromatic rings. The zero-order valence-corrected chi connectivity index (χ0v) is 12.5. The highest BCUT2D eigenvalue weighted by atomic mass is 32.2. The molecule has 21 heavy (non-hydrogen) atoms. The number of nitrogens with zero attached hydrogens (tertiary/aromatic N) is 1. The summed E-state index contributed by atoms with van der Waals surface area (Å²) in [6, 6.07) is 3.34. The van der Waals surface area contributed by atoms with Gasteiger partial charge in [0.25, 0.3) is 5.69 Å². The topological polar surface area (TPSA) is 125 Å². The van der Waals surface area contributed by atoms with E-state index in [0.717, 1.165) is 12.1 Å². The van der Waals surface area contributed by atoms with E-state index >= 15 is 0 Å². The van der Waals surface area contributed by atoms with Gasteiger partial charge in [-0.2, -0.15) is 0 Å². The normalized spacial score (nSPS) is 25.9. The quantitative estimate of drug-likeness (QED) is 0.485. The Kier molecular flexibility index (Phi) is 3.91.